The van der Waals surface area contributed by atoms with Crippen molar-refractivity contribution in [2.24, 2.45) is 0 Å². The Balaban J connectivity index is 3.10. The standard InChI is InChI=1S/C5H5BrO2S2/c1-3-2-4(10(7)8)9-5(3)6/h2H,1H3,(H,7,8). The molecule has 1 rings (SSSR count). The highest BCUT2D eigenvalue weighted by Gasteiger charge is 2.06. The van der Waals surface area contributed by atoms with Crippen LogP contribution in [0.15, 0.2) is 14.1 Å². The van der Waals surface area contributed by atoms with Gasteiger partial charge in [-0.3, -0.25) is 0 Å². The molecule has 1 unspecified atom stereocenters. The van der Waals surface area contributed by atoms with E-state index >= 15 is 0 Å². The van der Waals surface area contributed by atoms with E-state index in [1.807, 2.05) is 6.92 Å². The quantitative estimate of drug-likeness (QED) is 0.766. The number of halogens is 1. The van der Waals surface area contributed by atoms with Crippen LogP contribution < -0.4 is 0 Å². The number of hydrogen-bond donors (Lipinski definition) is 1. The lowest BCUT2D eigenvalue weighted by molar-refractivity contribution is 0.566. The van der Waals surface area contributed by atoms with Crippen molar-refractivity contribution < 1.29 is 8.76 Å². The van der Waals surface area contributed by atoms with Gasteiger partial charge in [-0.1, -0.05) is 0 Å². The minimum atomic E-state index is -1.83. The van der Waals surface area contributed by atoms with Gasteiger partial charge in [-0.2, -0.15) is 0 Å². The van der Waals surface area contributed by atoms with E-state index in [9.17, 15) is 4.21 Å². The van der Waals surface area contributed by atoms with Gasteiger partial charge in [0.05, 0.1) is 3.79 Å². The van der Waals surface area contributed by atoms with E-state index in [2.05, 4.69) is 15.9 Å². The molecule has 56 valence electrons. The molecule has 0 aliphatic rings. The molecule has 0 bridgehead atoms. The van der Waals surface area contributed by atoms with Gasteiger partial charge in [0, 0.05) is 0 Å². The first-order chi connectivity index (χ1) is 4.61. The van der Waals surface area contributed by atoms with Gasteiger partial charge in [-0.15, -0.1) is 11.3 Å². The minimum Gasteiger partial charge on any atom is -0.302 e. The van der Waals surface area contributed by atoms with Crippen LogP contribution in [0.1, 0.15) is 5.56 Å². The Morgan fingerprint density at radius 2 is 2.40 bits per heavy atom. The molecule has 0 amide bonds. The average molecular weight is 241 g/mol. The number of aryl methyl sites for hydroxylation is 1. The van der Waals surface area contributed by atoms with Crippen molar-refractivity contribution in [3.8, 4) is 0 Å². The third-order valence-electron chi connectivity index (χ3n) is 1.01. The number of rotatable bonds is 1. The van der Waals surface area contributed by atoms with E-state index in [1.165, 1.54) is 11.3 Å². The Kier molecular flexibility index (Phi) is 2.62. The van der Waals surface area contributed by atoms with Crippen molar-refractivity contribution in [3.63, 3.8) is 0 Å². The minimum absolute atomic E-state index is 0.490. The van der Waals surface area contributed by atoms with E-state index in [4.69, 9.17) is 4.55 Å². The lowest BCUT2D eigenvalue weighted by atomic mass is 10.4. The van der Waals surface area contributed by atoms with Gasteiger partial charge in [0.1, 0.15) is 4.21 Å². The predicted octanol–water partition coefficient (Wildman–Crippen LogP) is 2.40. The van der Waals surface area contributed by atoms with Crippen LogP contribution in [0.5, 0.6) is 0 Å². The molecule has 0 saturated heterocycles. The Labute approximate surface area is 73.7 Å². The van der Waals surface area contributed by atoms with Crippen LogP contribution in [0.3, 0.4) is 0 Å². The summed E-state index contributed by atoms with van der Waals surface area (Å²) >= 11 is 2.72. The summed E-state index contributed by atoms with van der Waals surface area (Å²) in [6.45, 7) is 1.89. The molecule has 0 aliphatic carbocycles. The maximum absolute atomic E-state index is 10.5. The first-order valence-corrected chi connectivity index (χ1v) is 5.19. The Bertz CT molecular complexity index is 249. The highest BCUT2D eigenvalue weighted by Crippen LogP contribution is 2.28. The monoisotopic (exact) mass is 240 g/mol. The van der Waals surface area contributed by atoms with Crippen molar-refractivity contribution in [2.75, 3.05) is 0 Å². The second kappa shape index (κ2) is 3.13. The lowest BCUT2D eigenvalue weighted by Crippen LogP contribution is -1.80. The van der Waals surface area contributed by atoms with Crippen LogP contribution in [-0.2, 0) is 11.1 Å². The van der Waals surface area contributed by atoms with Gasteiger partial charge in [-0.25, -0.2) is 4.21 Å². The molecule has 0 aromatic carbocycles. The SMILES string of the molecule is Cc1cc(S(=O)O)sc1Br. The average Bonchev–Trinajstić information content (AvgIpc) is 2.13. The molecule has 1 N–H and O–H groups in total. The first kappa shape index (κ1) is 8.39. The van der Waals surface area contributed by atoms with E-state index < -0.39 is 11.1 Å². The van der Waals surface area contributed by atoms with Crippen molar-refractivity contribution in [1.82, 2.24) is 0 Å². The summed E-state index contributed by atoms with van der Waals surface area (Å²) in [7, 11) is 0. The maximum atomic E-state index is 10.5. The van der Waals surface area contributed by atoms with Crippen molar-refractivity contribution in [3.05, 3.63) is 15.4 Å². The lowest BCUT2D eigenvalue weighted by Gasteiger charge is -1.80. The number of thiophene rings is 1. The summed E-state index contributed by atoms with van der Waals surface area (Å²) < 4.78 is 20.5. The van der Waals surface area contributed by atoms with E-state index in [1.54, 1.807) is 6.07 Å². The van der Waals surface area contributed by atoms with Crippen LogP contribution in [0.4, 0.5) is 0 Å². The third kappa shape index (κ3) is 1.66. The van der Waals surface area contributed by atoms with E-state index in [0.29, 0.717) is 4.21 Å². The third-order valence-corrected chi connectivity index (χ3v) is 4.08. The molecule has 5 heteroatoms. The van der Waals surface area contributed by atoms with Crippen LogP contribution in [0.25, 0.3) is 0 Å². The summed E-state index contributed by atoms with van der Waals surface area (Å²) in [6.07, 6.45) is 0. The van der Waals surface area contributed by atoms with Gasteiger partial charge in [0.15, 0.2) is 11.1 Å². The maximum Gasteiger partial charge on any atom is 0.196 e. The van der Waals surface area contributed by atoms with Crippen molar-refractivity contribution in [2.45, 2.75) is 11.1 Å². The molecule has 0 radical (unpaired) electrons. The fourth-order valence-corrected chi connectivity index (χ4v) is 2.92. The second-order valence-corrected chi connectivity index (χ2v) is 5.34. The van der Waals surface area contributed by atoms with Gasteiger partial charge in [-0.05, 0) is 34.5 Å². The molecule has 1 atom stereocenters. The smallest absolute Gasteiger partial charge is 0.196 e. The van der Waals surface area contributed by atoms with Crippen molar-refractivity contribution in [1.29, 1.82) is 0 Å². The predicted molar refractivity (Wildman–Crippen MR) is 45.8 cm³/mol. The molecule has 0 saturated carbocycles. The molecule has 0 spiro atoms. The summed E-state index contributed by atoms with van der Waals surface area (Å²) in [5, 5.41) is 0. The molecule has 10 heavy (non-hydrogen) atoms. The van der Waals surface area contributed by atoms with Gasteiger partial charge >= 0.3 is 0 Å². The Morgan fingerprint density at radius 3 is 2.60 bits per heavy atom. The second-order valence-electron chi connectivity index (χ2n) is 1.77. The molecule has 1 aromatic rings. The van der Waals surface area contributed by atoms with Crippen molar-refractivity contribution >= 4 is 38.3 Å². The highest BCUT2D eigenvalue weighted by molar-refractivity contribution is 9.11. The normalized spacial score (nSPS) is 13.5. The van der Waals surface area contributed by atoms with Gasteiger partial charge in [0.2, 0.25) is 0 Å². The molecule has 0 fully saturated rings. The highest BCUT2D eigenvalue weighted by atomic mass is 79.9. The largest absolute Gasteiger partial charge is 0.302 e. The zero-order chi connectivity index (χ0) is 7.72. The van der Waals surface area contributed by atoms with E-state index in [0.717, 1.165) is 9.35 Å². The summed E-state index contributed by atoms with van der Waals surface area (Å²) in [5.74, 6) is 0. The molecule has 1 heterocycles. The van der Waals surface area contributed by atoms with Gasteiger partial charge < -0.3 is 4.55 Å². The van der Waals surface area contributed by atoms with Crippen LogP contribution in [-0.4, -0.2) is 8.76 Å². The summed E-state index contributed by atoms with van der Waals surface area (Å²) in [5.41, 5.74) is 1.00. The first-order valence-electron chi connectivity index (χ1n) is 2.48. The van der Waals surface area contributed by atoms with Crippen LogP contribution in [0.2, 0.25) is 0 Å². The zero-order valence-corrected chi connectivity index (χ0v) is 8.35. The molecule has 1 aromatic heterocycles. The Morgan fingerprint density at radius 1 is 1.80 bits per heavy atom. The Hall–Kier alpha value is 0.290. The fourth-order valence-electron chi connectivity index (χ4n) is 0.518. The van der Waals surface area contributed by atoms with Crippen LogP contribution >= 0.6 is 27.3 Å². The molecular weight excluding hydrogens is 236 g/mol. The topological polar surface area (TPSA) is 37.3 Å². The summed E-state index contributed by atoms with van der Waals surface area (Å²) in [6, 6.07) is 1.70. The van der Waals surface area contributed by atoms with Gasteiger partial charge in [0.25, 0.3) is 0 Å². The van der Waals surface area contributed by atoms with E-state index in [-0.39, 0.29) is 0 Å². The molecular formula is C5H5BrO2S2. The molecule has 2 nitrogen and oxygen atoms in total. The fraction of sp³-hybridized carbons (Fsp3) is 0.200. The summed E-state index contributed by atoms with van der Waals surface area (Å²) in [4.78, 5) is 0. The number of hydrogen-bond acceptors (Lipinski definition) is 2. The zero-order valence-electron chi connectivity index (χ0n) is 5.13. The van der Waals surface area contributed by atoms with Crippen LogP contribution in [0, 0.1) is 6.92 Å². The molecule has 0 aliphatic heterocycles.